The highest BCUT2D eigenvalue weighted by Crippen LogP contribution is 2.24. The van der Waals surface area contributed by atoms with Crippen LogP contribution in [0.25, 0.3) is 0 Å². The number of rotatable bonds is 4. The highest BCUT2D eigenvalue weighted by Gasteiger charge is 2.26. The molecule has 108 valence electrons. The Hall–Kier alpha value is -1.80. The van der Waals surface area contributed by atoms with Crippen molar-refractivity contribution in [3.8, 4) is 0 Å². The lowest BCUT2D eigenvalue weighted by Crippen LogP contribution is -2.28. The fourth-order valence-electron chi connectivity index (χ4n) is 2.06. The number of H-pyrrole nitrogens is 1. The molecule has 0 aliphatic carbocycles. The van der Waals surface area contributed by atoms with E-state index in [0.29, 0.717) is 17.0 Å². The smallest absolute Gasteiger partial charge is 0.243 e. The molecule has 8 heteroatoms. The Morgan fingerprint density at radius 1 is 1.30 bits per heavy atom. The van der Waals surface area contributed by atoms with Gasteiger partial charge in [-0.15, -0.1) is 0 Å². The van der Waals surface area contributed by atoms with Crippen molar-refractivity contribution in [2.24, 2.45) is 0 Å². The first-order chi connectivity index (χ1) is 9.32. The van der Waals surface area contributed by atoms with Gasteiger partial charge < -0.3 is 0 Å². The van der Waals surface area contributed by atoms with E-state index < -0.39 is 15.8 Å². The van der Waals surface area contributed by atoms with Crippen molar-refractivity contribution < 1.29 is 12.8 Å². The number of halogens is 1. The highest BCUT2D eigenvalue weighted by molar-refractivity contribution is 7.89. The number of benzene rings is 1. The van der Waals surface area contributed by atoms with E-state index in [9.17, 15) is 12.8 Å². The molecule has 0 fully saturated rings. The van der Waals surface area contributed by atoms with E-state index in [-0.39, 0.29) is 11.4 Å². The molecular weight excluding hydrogens is 283 g/mol. The first kappa shape index (κ1) is 14.6. The summed E-state index contributed by atoms with van der Waals surface area (Å²) in [6, 6.07) is 2.42. The predicted molar refractivity (Wildman–Crippen MR) is 70.9 cm³/mol. The largest absolute Gasteiger partial charge is 0.262 e. The SMILES string of the molecule is Cc1cc(F)cc(C)c1S(=O)(=O)N(C)Cc1ncn[nH]1. The monoisotopic (exact) mass is 298 g/mol. The molecule has 2 aromatic rings. The van der Waals surface area contributed by atoms with Crippen LogP contribution >= 0.6 is 0 Å². The topological polar surface area (TPSA) is 79.0 Å². The summed E-state index contributed by atoms with van der Waals surface area (Å²) in [7, 11) is -2.27. The maximum Gasteiger partial charge on any atom is 0.243 e. The van der Waals surface area contributed by atoms with Crippen molar-refractivity contribution in [3.63, 3.8) is 0 Å². The molecule has 0 aliphatic rings. The Morgan fingerprint density at radius 2 is 1.90 bits per heavy atom. The fourth-order valence-corrected chi connectivity index (χ4v) is 3.60. The molecule has 0 atom stereocenters. The lowest BCUT2D eigenvalue weighted by Gasteiger charge is -2.19. The second-order valence-electron chi connectivity index (χ2n) is 4.56. The van der Waals surface area contributed by atoms with Gasteiger partial charge >= 0.3 is 0 Å². The predicted octanol–water partition coefficient (Wildman–Crippen LogP) is 1.38. The molecule has 1 N–H and O–H groups in total. The molecule has 6 nitrogen and oxygen atoms in total. The van der Waals surface area contributed by atoms with E-state index >= 15 is 0 Å². The summed E-state index contributed by atoms with van der Waals surface area (Å²) >= 11 is 0. The maximum absolute atomic E-state index is 13.3. The number of aryl methyl sites for hydroxylation is 2. The minimum absolute atomic E-state index is 0.0680. The van der Waals surface area contributed by atoms with Crippen LogP contribution in [0.15, 0.2) is 23.4 Å². The van der Waals surface area contributed by atoms with Crippen LogP contribution in [0.5, 0.6) is 0 Å². The van der Waals surface area contributed by atoms with E-state index in [1.165, 1.54) is 25.5 Å². The van der Waals surface area contributed by atoms with E-state index in [1.54, 1.807) is 13.8 Å². The third kappa shape index (κ3) is 2.70. The molecular formula is C12H15FN4O2S. The molecule has 0 saturated heterocycles. The molecule has 0 saturated carbocycles. The zero-order valence-corrected chi connectivity index (χ0v) is 12.2. The molecule has 1 aromatic carbocycles. The lowest BCUT2D eigenvalue weighted by atomic mass is 10.1. The van der Waals surface area contributed by atoms with Gasteiger partial charge in [0.05, 0.1) is 11.4 Å². The number of hydrogen-bond acceptors (Lipinski definition) is 4. The van der Waals surface area contributed by atoms with Gasteiger partial charge in [-0.05, 0) is 37.1 Å². The first-order valence-electron chi connectivity index (χ1n) is 5.89. The minimum Gasteiger partial charge on any atom is -0.262 e. The molecule has 0 bridgehead atoms. The van der Waals surface area contributed by atoms with Crippen molar-refractivity contribution in [1.82, 2.24) is 19.5 Å². The molecule has 0 radical (unpaired) electrons. The molecule has 1 aromatic heterocycles. The van der Waals surface area contributed by atoms with Crippen LogP contribution < -0.4 is 0 Å². The summed E-state index contributed by atoms with van der Waals surface area (Å²) in [6.07, 6.45) is 1.31. The maximum atomic E-state index is 13.3. The summed E-state index contributed by atoms with van der Waals surface area (Å²) in [6.45, 7) is 3.22. The molecule has 0 amide bonds. The molecule has 0 unspecified atom stereocenters. The quantitative estimate of drug-likeness (QED) is 0.925. The average molecular weight is 298 g/mol. The van der Waals surface area contributed by atoms with Gasteiger partial charge in [0.25, 0.3) is 0 Å². The number of sulfonamides is 1. The first-order valence-corrected chi connectivity index (χ1v) is 7.33. The normalized spacial score (nSPS) is 12.1. The molecule has 20 heavy (non-hydrogen) atoms. The van der Waals surface area contributed by atoms with Crippen LogP contribution in [0, 0.1) is 19.7 Å². The standard InChI is InChI=1S/C12H15FN4O2S/c1-8-4-10(13)5-9(2)12(8)20(18,19)17(3)6-11-14-7-15-16-11/h4-5,7H,6H2,1-3H3,(H,14,15,16). The molecule has 0 aliphatic heterocycles. The van der Waals surface area contributed by atoms with Gasteiger partial charge in [-0.3, -0.25) is 5.10 Å². The summed E-state index contributed by atoms with van der Waals surface area (Å²) in [5, 5.41) is 6.27. The van der Waals surface area contributed by atoms with Gasteiger partial charge in [-0.2, -0.15) is 9.40 Å². The van der Waals surface area contributed by atoms with Crippen LogP contribution in [0.3, 0.4) is 0 Å². The second-order valence-corrected chi connectivity index (χ2v) is 6.54. The second kappa shape index (κ2) is 5.29. The minimum atomic E-state index is -3.71. The number of nitrogens with zero attached hydrogens (tertiary/aromatic N) is 3. The molecule has 0 spiro atoms. The Morgan fingerprint density at radius 3 is 2.40 bits per heavy atom. The van der Waals surface area contributed by atoms with Gasteiger partial charge in [0, 0.05) is 7.05 Å². The number of aromatic amines is 1. The zero-order chi connectivity index (χ0) is 14.9. The third-order valence-electron chi connectivity index (χ3n) is 2.93. The summed E-state index contributed by atoms with van der Waals surface area (Å²) in [5.74, 6) is -0.00895. The van der Waals surface area contributed by atoms with Gasteiger partial charge in [-0.25, -0.2) is 17.8 Å². The van der Waals surface area contributed by atoms with Gasteiger partial charge in [0.15, 0.2) is 0 Å². The highest BCUT2D eigenvalue weighted by atomic mass is 32.2. The number of aromatic nitrogens is 3. The Balaban J connectivity index is 2.40. The summed E-state index contributed by atoms with van der Waals surface area (Å²) < 4.78 is 39.5. The van der Waals surface area contributed by atoms with Crippen molar-refractivity contribution in [2.45, 2.75) is 25.3 Å². The van der Waals surface area contributed by atoms with E-state index in [4.69, 9.17) is 0 Å². The molecule has 2 rings (SSSR count). The van der Waals surface area contributed by atoms with Crippen LogP contribution in [-0.2, 0) is 16.6 Å². The van der Waals surface area contributed by atoms with Crippen molar-refractivity contribution >= 4 is 10.0 Å². The van der Waals surface area contributed by atoms with E-state index in [2.05, 4.69) is 15.2 Å². The van der Waals surface area contributed by atoms with Gasteiger partial charge in [-0.1, -0.05) is 0 Å². The van der Waals surface area contributed by atoms with E-state index in [1.807, 2.05) is 0 Å². The molecule has 1 heterocycles. The third-order valence-corrected chi connectivity index (χ3v) is 5.04. The Kier molecular flexibility index (Phi) is 3.87. The van der Waals surface area contributed by atoms with Crippen molar-refractivity contribution in [1.29, 1.82) is 0 Å². The summed E-state index contributed by atoms with van der Waals surface area (Å²) in [5.41, 5.74) is 0.763. The van der Waals surface area contributed by atoms with Crippen LogP contribution in [0.2, 0.25) is 0 Å². The Bertz CT molecular complexity index is 690. The summed E-state index contributed by atoms with van der Waals surface area (Å²) in [4.78, 5) is 4.02. The van der Waals surface area contributed by atoms with Crippen LogP contribution in [-0.4, -0.2) is 35.0 Å². The lowest BCUT2D eigenvalue weighted by molar-refractivity contribution is 0.456. The van der Waals surface area contributed by atoms with Crippen LogP contribution in [0.4, 0.5) is 4.39 Å². The van der Waals surface area contributed by atoms with Gasteiger partial charge in [0.2, 0.25) is 10.0 Å². The van der Waals surface area contributed by atoms with Gasteiger partial charge in [0.1, 0.15) is 18.0 Å². The fraction of sp³-hybridized carbons (Fsp3) is 0.333. The van der Waals surface area contributed by atoms with Crippen LogP contribution in [0.1, 0.15) is 17.0 Å². The van der Waals surface area contributed by atoms with Crippen molar-refractivity contribution in [3.05, 3.63) is 41.2 Å². The zero-order valence-electron chi connectivity index (χ0n) is 11.4. The average Bonchev–Trinajstić information content (AvgIpc) is 2.79. The van der Waals surface area contributed by atoms with E-state index in [0.717, 1.165) is 4.31 Å². The number of hydrogen-bond donors (Lipinski definition) is 1. The Labute approximate surface area is 116 Å². The number of nitrogens with one attached hydrogen (secondary N) is 1. The van der Waals surface area contributed by atoms with Crippen molar-refractivity contribution in [2.75, 3.05) is 7.05 Å².